The lowest BCUT2D eigenvalue weighted by Crippen LogP contribution is -2.49. The van der Waals surface area contributed by atoms with E-state index in [1.165, 1.54) is 58.2 Å². The summed E-state index contributed by atoms with van der Waals surface area (Å²) in [5.41, 5.74) is 0.431. The molecule has 1 saturated heterocycles. The molecular weight excluding hydrogens is 256 g/mol. The summed E-state index contributed by atoms with van der Waals surface area (Å²) >= 11 is 0. The zero-order valence-electron chi connectivity index (χ0n) is 15.1. The lowest BCUT2D eigenvalue weighted by Gasteiger charge is -2.43. The highest BCUT2D eigenvalue weighted by molar-refractivity contribution is 4.93. The van der Waals surface area contributed by atoms with Crippen LogP contribution in [0, 0.1) is 17.8 Å². The van der Waals surface area contributed by atoms with E-state index in [1.807, 2.05) is 0 Å². The number of nitrogens with zero attached hydrogens (tertiary/aromatic N) is 1. The maximum atomic E-state index is 3.86. The van der Waals surface area contributed by atoms with Gasteiger partial charge in [-0.15, -0.1) is 0 Å². The second kappa shape index (κ2) is 7.46. The monoisotopic (exact) mass is 294 g/mol. The molecule has 0 spiro atoms. The zero-order valence-corrected chi connectivity index (χ0v) is 15.1. The lowest BCUT2D eigenvalue weighted by atomic mass is 9.73. The third-order valence-corrected chi connectivity index (χ3v) is 6.15. The Labute approximate surface area is 133 Å². The highest BCUT2D eigenvalue weighted by atomic mass is 15.2. The summed E-state index contributed by atoms with van der Waals surface area (Å²) in [6.07, 6.45) is 8.28. The predicted octanol–water partition coefficient (Wildman–Crippen LogP) is 4.30. The van der Waals surface area contributed by atoms with Gasteiger partial charge in [0.1, 0.15) is 0 Å². The van der Waals surface area contributed by atoms with E-state index < -0.39 is 0 Å². The van der Waals surface area contributed by atoms with Crippen molar-refractivity contribution in [1.29, 1.82) is 0 Å². The Kier molecular flexibility index (Phi) is 6.14. The summed E-state index contributed by atoms with van der Waals surface area (Å²) < 4.78 is 0. The molecule has 1 aliphatic carbocycles. The van der Waals surface area contributed by atoms with Gasteiger partial charge in [-0.05, 0) is 83.2 Å². The van der Waals surface area contributed by atoms with E-state index in [0.717, 1.165) is 23.8 Å². The molecule has 0 radical (unpaired) electrons. The van der Waals surface area contributed by atoms with Gasteiger partial charge in [0.15, 0.2) is 0 Å². The minimum absolute atomic E-state index is 0.431. The number of nitrogens with one attached hydrogen (secondary N) is 1. The second-order valence-corrected chi connectivity index (χ2v) is 8.50. The van der Waals surface area contributed by atoms with E-state index >= 15 is 0 Å². The molecule has 1 heterocycles. The second-order valence-electron chi connectivity index (χ2n) is 8.50. The van der Waals surface area contributed by atoms with Crippen LogP contribution in [0.3, 0.4) is 0 Å². The molecule has 3 atom stereocenters. The van der Waals surface area contributed by atoms with Crippen molar-refractivity contribution in [2.45, 2.75) is 84.7 Å². The first-order chi connectivity index (χ1) is 9.94. The van der Waals surface area contributed by atoms with Crippen molar-refractivity contribution in [1.82, 2.24) is 10.2 Å². The van der Waals surface area contributed by atoms with Crippen LogP contribution in [-0.2, 0) is 0 Å². The van der Waals surface area contributed by atoms with Crippen molar-refractivity contribution >= 4 is 0 Å². The van der Waals surface area contributed by atoms with Crippen LogP contribution in [0.1, 0.15) is 73.1 Å². The number of hydrogen-bond donors (Lipinski definition) is 1. The molecule has 21 heavy (non-hydrogen) atoms. The van der Waals surface area contributed by atoms with Crippen molar-refractivity contribution in [3.8, 4) is 0 Å². The van der Waals surface area contributed by atoms with Crippen LogP contribution >= 0.6 is 0 Å². The predicted molar refractivity (Wildman–Crippen MR) is 92.6 cm³/mol. The number of hydrogen-bond acceptors (Lipinski definition) is 2. The largest absolute Gasteiger partial charge is 0.314 e. The van der Waals surface area contributed by atoms with Crippen molar-refractivity contribution in [2.75, 3.05) is 19.6 Å². The molecule has 0 amide bonds. The van der Waals surface area contributed by atoms with Crippen molar-refractivity contribution in [2.24, 2.45) is 17.8 Å². The van der Waals surface area contributed by atoms with Gasteiger partial charge in [0, 0.05) is 18.1 Å². The molecule has 1 N–H and O–H groups in total. The fourth-order valence-electron chi connectivity index (χ4n) is 4.49. The van der Waals surface area contributed by atoms with E-state index in [9.17, 15) is 0 Å². The Bertz CT molecular complexity index is 311. The van der Waals surface area contributed by atoms with E-state index in [-0.39, 0.29) is 0 Å². The van der Waals surface area contributed by atoms with Crippen molar-refractivity contribution in [3.05, 3.63) is 0 Å². The molecule has 0 aromatic rings. The molecule has 0 aromatic heterocycles. The lowest BCUT2D eigenvalue weighted by molar-refractivity contribution is 0.0889. The molecule has 1 saturated carbocycles. The maximum absolute atomic E-state index is 3.86. The zero-order chi connectivity index (χ0) is 15.5. The number of likely N-dealkylation sites (tertiary alicyclic amines) is 1. The molecule has 3 unspecified atom stereocenters. The highest BCUT2D eigenvalue weighted by Gasteiger charge is 2.37. The first-order valence-electron chi connectivity index (χ1n) is 9.42. The average Bonchev–Trinajstić information content (AvgIpc) is 2.76. The molecule has 1 aliphatic heterocycles. The molecule has 2 aliphatic rings. The van der Waals surface area contributed by atoms with E-state index in [4.69, 9.17) is 0 Å². The Morgan fingerprint density at radius 3 is 2.57 bits per heavy atom. The molecule has 2 nitrogen and oxygen atoms in total. The van der Waals surface area contributed by atoms with Gasteiger partial charge in [0.05, 0.1) is 0 Å². The van der Waals surface area contributed by atoms with Gasteiger partial charge in [-0.3, -0.25) is 4.90 Å². The van der Waals surface area contributed by atoms with Crippen LogP contribution in [0.2, 0.25) is 0 Å². The van der Waals surface area contributed by atoms with Gasteiger partial charge >= 0.3 is 0 Å². The topological polar surface area (TPSA) is 15.3 Å². The maximum Gasteiger partial charge on any atom is 0.0153 e. The summed E-state index contributed by atoms with van der Waals surface area (Å²) in [7, 11) is 0. The summed E-state index contributed by atoms with van der Waals surface area (Å²) in [4.78, 5) is 2.78. The van der Waals surface area contributed by atoms with Gasteiger partial charge < -0.3 is 5.32 Å². The first kappa shape index (κ1) is 17.3. The molecule has 2 heteroatoms. The smallest absolute Gasteiger partial charge is 0.0153 e. The fraction of sp³-hybridized carbons (Fsp3) is 1.00. The Morgan fingerprint density at radius 1 is 1.24 bits per heavy atom. The van der Waals surface area contributed by atoms with Gasteiger partial charge in [0.2, 0.25) is 0 Å². The van der Waals surface area contributed by atoms with Crippen LogP contribution in [0.25, 0.3) is 0 Å². The Morgan fingerprint density at radius 2 is 2.00 bits per heavy atom. The van der Waals surface area contributed by atoms with Crippen LogP contribution in [0.5, 0.6) is 0 Å². The first-order valence-corrected chi connectivity index (χ1v) is 9.42. The quantitative estimate of drug-likeness (QED) is 0.785. The molecule has 2 fully saturated rings. The van der Waals surface area contributed by atoms with Gasteiger partial charge in [-0.1, -0.05) is 20.8 Å². The molecular formula is C19H38N2. The normalized spacial score (nSPS) is 33.7. The van der Waals surface area contributed by atoms with Crippen molar-refractivity contribution < 1.29 is 0 Å². The van der Waals surface area contributed by atoms with E-state index in [1.54, 1.807) is 0 Å². The minimum atomic E-state index is 0.431. The van der Waals surface area contributed by atoms with E-state index in [2.05, 4.69) is 44.8 Å². The van der Waals surface area contributed by atoms with Crippen LogP contribution < -0.4 is 5.32 Å². The van der Waals surface area contributed by atoms with Gasteiger partial charge in [-0.2, -0.15) is 0 Å². The Balaban J connectivity index is 1.98. The van der Waals surface area contributed by atoms with Crippen LogP contribution in [-0.4, -0.2) is 36.1 Å². The van der Waals surface area contributed by atoms with Crippen LogP contribution in [0.15, 0.2) is 0 Å². The fourth-order valence-corrected chi connectivity index (χ4v) is 4.49. The highest BCUT2D eigenvalue weighted by Crippen LogP contribution is 2.37. The minimum Gasteiger partial charge on any atom is -0.314 e. The summed E-state index contributed by atoms with van der Waals surface area (Å²) in [6.45, 7) is 15.8. The number of rotatable bonds is 6. The third kappa shape index (κ3) is 4.45. The summed E-state index contributed by atoms with van der Waals surface area (Å²) in [5, 5.41) is 3.86. The molecule has 0 aromatic carbocycles. The summed E-state index contributed by atoms with van der Waals surface area (Å²) in [5.74, 6) is 2.65. The standard InChI is InChI=1S/C19H38N2/c1-6-11-20-18-9-8-16(15(2)3)13-17(18)14-21-12-7-10-19(21,4)5/h15-18,20H,6-14H2,1-5H3. The van der Waals surface area contributed by atoms with Crippen LogP contribution in [0.4, 0.5) is 0 Å². The Hall–Kier alpha value is -0.0800. The SMILES string of the molecule is CCCNC1CCC(C(C)C)CC1CN1CCCC1(C)C. The van der Waals surface area contributed by atoms with Gasteiger partial charge in [0.25, 0.3) is 0 Å². The molecule has 124 valence electrons. The van der Waals surface area contributed by atoms with Crippen molar-refractivity contribution in [3.63, 3.8) is 0 Å². The average molecular weight is 295 g/mol. The summed E-state index contributed by atoms with van der Waals surface area (Å²) in [6, 6.07) is 0.761. The molecule has 2 rings (SSSR count). The van der Waals surface area contributed by atoms with Gasteiger partial charge in [-0.25, -0.2) is 0 Å². The third-order valence-electron chi connectivity index (χ3n) is 6.15. The van der Waals surface area contributed by atoms with E-state index in [0.29, 0.717) is 5.54 Å². The molecule has 0 bridgehead atoms.